The molecule has 2 amide bonds. The molecule has 6 heteroatoms. The minimum absolute atomic E-state index is 0.157. The predicted molar refractivity (Wildman–Crippen MR) is 97.4 cm³/mol. The molecule has 0 aliphatic carbocycles. The molecule has 5 rings (SSSR count). The molecule has 2 N–H and O–H groups in total. The van der Waals surface area contributed by atoms with Crippen LogP contribution >= 0.6 is 0 Å². The fourth-order valence-corrected chi connectivity index (χ4v) is 3.49. The minimum Gasteiger partial charge on any atom is -0.497 e. The first kappa shape index (κ1) is 14.7. The minimum atomic E-state index is -0.471. The monoisotopic (exact) mass is 343 g/mol. The maximum atomic E-state index is 12.4. The van der Waals surface area contributed by atoms with E-state index in [1.807, 2.05) is 48.5 Å². The lowest BCUT2D eigenvalue weighted by molar-refractivity contribution is 0.0878. The van der Waals surface area contributed by atoms with Gasteiger partial charge in [0.2, 0.25) is 0 Å². The molecule has 0 fully saturated rings. The Labute approximate surface area is 147 Å². The summed E-state index contributed by atoms with van der Waals surface area (Å²) in [5.74, 6) is -0.220. The molecule has 0 bridgehead atoms. The number of fused-ring (bicyclic) bond motifs is 5. The molecule has 2 aromatic carbocycles. The Kier molecular flexibility index (Phi) is 2.91. The van der Waals surface area contributed by atoms with Crippen molar-refractivity contribution in [3.8, 4) is 17.0 Å². The topological polar surface area (TPSA) is 84.1 Å². The molecule has 1 aliphatic rings. The van der Waals surface area contributed by atoms with Gasteiger partial charge in [0.1, 0.15) is 11.4 Å². The maximum absolute atomic E-state index is 12.4. The highest BCUT2D eigenvalue weighted by atomic mass is 16.5. The van der Waals surface area contributed by atoms with Crippen LogP contribution in [0.4, 0.5) is 0 Å². The highest BCUT2D eigenvalue weighted by Gasteiger charge is 2.33. The van der Waals surface area contributed by atoms with Crippen molar-refractivity contribution in [2.45, 2.75) is 0 Å². The summed E-state index contributed by atoms with van der Waals surface area (Å²) in [4.78, 5) is 32.5. The van der Waals surface area contributed by atoms with Crippen LogP contribution in [0.1, 0.15) is 20.8 Å². The van der Waals surface area contributed by atoms with Crippen LogP contribution in [0.25, 0.3) is 33.1 Å². The van der Waals surface area contributed by atoms with Crippen molar-refractivity contribution < 1.29 is 14.3 Å². The molecule has 2 aromatic heterocycles. The van der Waals surface area contributed by atoms with E-state index in [1.165, 1.54) is 0 Å². The number of carbonyl (C=O) groups is 2. The van der Waals surface area contributed by atoms with Gasteiger partial charge in [-0.15, -0.1) is 0 Å². The van der Waals surface area contributed by atoms with Gasteiger partial charge < -0.3 is 9.72 Å². The highest BCUT2D eigenvalue weighted by molar-refractivity contribution is 6.30. The highest BCUT2D eigenvalue weighted by Crippen LogP contribution is 2.38. The number of hydrogen-bond donors (Lipinski definition) is 2. The van der Waals surface area contributed by atoms with Crippen LogP contribution < -0.4 is 10.1 Å². The lowest BCUT2D eigenvalue weighted by Crippen LogP contribution is -2.20. The van der Waals surface area contributed by atoms with E-state index in [9.17, 15) is 9.59 Å². The van der Waals surface area contributed by atoms with Crippen LogP contribution in [0.5, 0.6) is 5.75 Å². The molecule has 0 spiro atoms. The van der Waals surface area contributed by atoms with Gasteiger partial charge in [-0.3, -0.25) is 14.9 Å². The first-order chi connectivity index (χ1) is 12.7. The van der Waals surface area contributed by atoms with Crippen molar-refractivity contribution in [1.82, 2.24) is 15.3 Å². The third-order valence-corrected chi connectivity index (χ3v) is 4.67. The van der Waals surface area contributed by atoms with E-state index in [-0.39, 0.29) is 5.69 Å². The van der Waals surface area contributed by atoms with Crippen molar-refractivity contribution in [1.29, 1.82) is 0 Å². The number of amides is 2. The number of aromatic amines is 1. The van der Waals surface area contributed by atoms with E-state index in [0.717, 1.165) is 22.0 Å². The van der Waals surface area contributed by atoms with Gasteiger partial charge in [0.25, 0.3) is 11.8 Å². The summed E-state index contributed by atoms with van der Waals surface area (Å²) in [5.41, 5.74) is 3.54. The average Bonchev–Trinajstić information content (AvgIpc) is 3.18. The van der Waals surface area contributed by atoms with Crippen LogP contribution in [0.2, 0.25) is 0 Å². The molecule has 0 saturated heterocycles. The largest absolute Gasteiger partial charge is 0.497 e. The Bertz CT molecular complexity index is 1230. The van der Waals surface area contributed by atoms with Crippen LogP contribution in [0, 0.1) is 0 Å². The smallest absolute Gasteiger partial charge is 0.277 e. The summed E-state index contributed by atoms with van der Waals surface area (Å²) < 4.78 is 5.33. The predicted octanol–water partition coefficient (Wildman–Crippen LogP) is 3.28. The molecule has 4 aromatic rings. The van der Waals surface area contributed by atoms with Gasteiger partial charge in [0.15, 0.2) is 0 Å². The summed E-state index contributed by atoms with van der Waals surface area (Å²) in [7, 11) is 1.59. The van der Waals surface area contributed by atoms with Gasteiger partial charge in [-0.2, -0.15) is 0 Å². The second-order valence-electron chi connectivity index (χ2n) is 6.12. The fraction of sp³-hybridized carbons (Fsp3) is 0.0500. The molecule has 26 heavy (non-hydrogen) atoms. The number of methoxy groups -OCH3 is 1. The van der Waals surface area contributed by atoms with Gasteiger partial charge in [-0.05, 0) is 18.2 Å². The summed E-state index contributed by atoms with van der Waals surface area (Å²) >= 11 is 0. The number of aromatic nitrogens is 2. The van der Waals surface area contributed by atoms with Crippen LogP contribution in [0.15, 0.2) is 48.5 Å². The zero-order valence-electron chi connectivity index (χ0n) is 13.8. The molecular weight excluding hydrogens is 330 g/mol. The summed E-state index contributed by atoms with van der Waals surface area (Å²) in [6.07, 6.45) is 0. The van der Waals surface area contributed by atoms with Crippen molar-refractivity contribution in [3.05, 3.63) is 59.8 Å². The van der Waals surface area contributed by atoms with E-state index in [2.05, 4.69) is 15.3 Å². The van der Waals surface area contributed by atoms with E-state index in [0.29, 0.717) is 22.4 Å². The third kappa shape index (κ3) is 1.89. The van der Waals surface area contributed by atoms with Gasteiger partial charge in [0, 0.05) is 21.9 Å². The number of nitrogens with one attached hydrogen (secondary N) is 2. The molecule has 0 atom stereocenters. The molecule has 0 radical (unpaired) electrons. The van der Waals surface area contributed by atoms with E-state index >= 15 is 0 Å². The van der Waals surface area contributed by atoms with Gasteiger partial charge in [-0.1, -0.05) is 30.3 Å². The van der Waals surface area contributed by atoms with E-state index < -0.39 is 11.8 Å². The molecule has 1 aliphatic heterocycles. The lowest BCUT2D eigenvalue weighted by atomic mass is 10.0. The Balaban J connectivity index is 1.99. The number of imide groups is 1. The average molecular weight is 343 g/mol. The van der Waals surface area contributed by atoms with Crippen molar-refractivity contribution in [2.24, 2.45) is 0 Å². The molecule has 126 valence electrons. The van der Waals surface area contributed by atoms with Crippen LogP contribution in [0.3, 0.4) is 0 Å². The van der Waals surface area contributed by atoms with Crippen LogP contribution in [-0.4, -0.2) is 28.9 Å². The van der Waals surface area contributed by atoms with Crippen molar-refractivity contribution in [3.63, 3.8) is 0 Å². The van der Waals surface area contributed by atoms with Gasteiger partial charge in [-0.25, -0.2) is 4.98 Å². The number of ether oxygens (including phenoxy) is 1. The number of pyridine rings is 1. The Morgan fingerprint density at radius 1 is 0.962 bits per heavy atom. The number of rotatable bonds is 2. The van der Waals surface area contributed by atoms with Crippen molar-refractivity contribution >= 4 is 33.6 Å². The molecule has 3 heterocycles. The quantitative estimate of drug-likeness (QED) is 0.547. The van der Waals surface area contributed by atoms with Crippen molar-refractivity contribution in [2.75, 3.05) is 7.11 Å². The third-order valence-electron chi connectivity index (χ3n) is 4.67. The molecule has 0 unspecified atom stereocenters. The van der Waals surface area contributed by atoms with Gasteiger partial charge in [0.05, 0.1) is 23.9 Å². The number of carbonyl (C=O) groups excluding carboxylic acids is 2. The zero-order chi connectivity index (χ0) is 17.8. The van der Waals surface area contributed by atoms with E-state index in [1.54, 1.807) is 7.11 Å². The molecule has 0 saturated carbocycles. The molecular formula is C20H13N3O3. The first-order valence-electron chi connectivity index (χ1n) is 8.12. The normalized spacial score (nSPS) is 13.3. The zero-order valence-corrected chi connectivity index (χ0v) is 13.8. The van der Waals surface area contributed by atoms with E-state index in [4.69, 9.17) is 4.74 Å². The summed E-state index contributed by atoms with van der Waals surface area (Å²) in [5, 5.41) is 3.86. The Morgan fingerprint density at radius 2 is 1.77 bits per heavy atom. The fourth-order valence-electron chi connectivity index (χ4n) is 3.49. The maximum Gasteiger partial charge on any atom is 0.277 e. The number of nitrogens with zero attached hydrogens (tertiary/aromatic N) is 1. The summed E-state index contributed by atoms with van der Waals surface area (Å²) in [6.45, 7) is 0. The summed E-state index contributed by atoms with van der Waals surface area (Å²) in [6, 6.07) is 15.2. The number of hydrogen-bond acceptors (Lipinski definition) is 4. The number of H-pyrrole nitrogens is 1. The lowest BCUT2D eigenvalue weighted by Gasteiger charge is -2.06. The standard InChI is InChI=1S/C20H13N3O3/c1-26-11-7-8-13-12(9-11)14-15-18(20(25)23-19(15)24)22-16(17(14)21-13)10-5-3-2-4-6-10/h2-9,21H,1H3,(H,23,24,25). The SMILES string of the molecule is COc1ccc2[nH]c3c(-c4ccccc4)nc4c(c3c2c1)C(=O)NC4=O. The van der Waals surface area contributed by atoms with Gasteiger partial charge >= 0.3 is 0 Å². The second-order valence-corrected chi connectivity index (χ2v) is 6.12. The Hall–Kier alpha value is -3.67. The first-order valence-corrected chi connectivity index (χ1v) is 8.12. The second kappa shape index (κ2) is 5.16. The molecule has 6 nitrogen and oxygen atoms in total. The van der Waals surface area contributed by atoms with Crippen LogP contribution in [-0.2, 0) is 0 Å². The Morgan fingerprint density at radius 3 is 2.54 bits per heavy atom. The number of benzene rings is 2.